The monoisotopic (exact) mass is 368 g/mol. The van der Waals surface area contributed by atoms with Crippen molar-refractivity contribution in [2.75, 3.05) is 26.2 Å². The number of carbonyl (C=O) groups excluding carboxylic acids is 1. The van der Waals surface area contributed by atoms with Crippen LogP contribution in [-0.2, 0) is 17.9 Å². The van der Waals surface area contributed by atoms with E-state index < -0.39 is 0 Å². The maximum absolute atomic E-state index is 13.0. The van der Waals surface area contributed by atoms with Gasteiger partial charge in [0, 0.05) is 31.1 Å². The number of benzene rings is 2. The highest BCUT2D eigenvalue weighted by molar-refractivity contribution is 5.79. The third kappa shape index (κ3) is 5.31. The first-order valence-corrected chi connectivity index (χ1v) is 9.60. The van der Waals surface area contributed by atoms with Crippen molar-refractivity contribution < 1.29 is 15.0 Å². The quantitative estimate of drug-likeness (QED) is 0.789. The molecular formula is C22H28N2O3. The van der Waals surface area contributed by atoms with Gasteiger partial charge in [-0.15, -0.1) is 0 Å². The Morgan fingerprint density at radius 2 is 1.70 bits per heavy atom. The van der Waals surface area contributed by atoms with Gasteiger partial charge >= 0.3 is 0 Å². The zero-order chi connectivity index (χ0) is 19.1. The lowest BCUT2D eigenvalue weighted by molar-refractivity contribution is -0.138. The van der Waals surface area contributed by atoms with Crippen molar-refractivity contribution in [2.24, 2.45) is 5.92 Å². The van der Waals surface area contributed by atoms with Gasteiger partial charge in [-0.1, -0.05) is 48.5 Å². The van der Waals surface area contributed by atoms with Crippen LogP contribution in [-0.4, -0.2) is 52.2 Å². The Kier molecular flexibility index (Phi) is 6.85. The molecule has 1 aliphatic heterocycles. The summed E-state index contributed by atoms with van der Waals surface area (Å²) in [5.41, 5.74) is 2.00. The van der Waals surface area contributed by atoms with Gasteiger partial charge in [-0.25, -0.2) is 0 Å². The molecule has 3 rings (SSSR count). The van der Waals surface area contributed by atoms with E-state index >= 15 is 0 Å². The van der Waals surface area contributed by atoms with Gasteiger partial charge < -0.3 is 15.1 Å². The lowest BCUT2D eigenvalue weighted by Gasteiger charge is -2.34. The van der Waals surface area contributed by atoms with E-state index in [1.807, 2.05) is 48.5 Å². The summed E-state index contributed by atoms with van der Waals surface area (Å²) in [6, 6.07) is 17.3. The standard InChI is InChI=1S/C22H28N2O3/c25-15-14-24(16-18-6-2-1-3-7-18)22(27)19-10-12-23(13-11-19)17-20-8-4-5-9-21(20)26/h1-9,19,25-26H,10-17H2. The van der Waals surface area contributed by atoms with Crippen LogP contribution in [0, 0.1) is 5.92 Å². The Morgan fingerprint density at radius 1 is 1.04 bits per heavy atom. The summed E-state index contributed by atoms with van der Waals surface area (Å²) >= 11 is 0. The van der Waals surface area contributed by atoms with Crippen LogP contribution in [0.25, 0.3) is 0 Å². The van der Waals surface area contributed by atoms with Gasteiger partial charge in [-0.3, -0.25) is 9.69 Å². The lowest BCUT2D eigenvalue weighted by atomic mass is 9.94. The Bertz CT molecular complexity index is 727. The molecular weight excluding hydrogens is 340 g/mol. The van der Waals surface area contributed by atoms with E-state index in [9.17, 15) is 15.0 Å². The number of phenols is 1. The summed E-state index contributed by atoms with van der Waals surface area (Å²) in [4.78, 5) is 17.0. The molecule has 0 radical (unpaired) electrons. The average molecular weight is 368 g/mol. The van der Waals surface area contributed by atoms with Gasteiger partial charge in [0.25, 0.3) is 0 Å². The van der Waals surface area contributed by atoms with E-state index in [0.717, 1.165) is 37.1 Å². The molecule has 2 aromatic rings. The number of likely N-dealkylation sites (tertiary alicyclic amines) is 1. The first kappa shape index (κ1) is 19.4. The molecule has 0 spiro atoms. The molecule has 0 aliphatic carbocycles. The second-order valence-corrected chi connectivity index (χ2v) is 7.15. The molecule has 1 fully saturated rings. The molecule has 2 aromatic carbocycles. The number of hydrogen-bond acceptors (Lipinski definition) is 4. The van der Waals surface area contributed by atoms with E-state index in [-0.39, 0.29) is 18.4 Å². The third-order valence-corrected chi connectivity index (χ3v) is 5.22. The fourth-order valence-corrected chi connectivity index (χ4v) is 3.67. The molecule has 0 atom stereocenters. The van der Waals surface area contributed by atoms with Crippen molar-refractivity contribution in [1.82, 2.24) is 9.80 Å². The van der Waals surface area contributed by atoms with E-state index in [4.69, 9.17) is 0 Å². The lowest BCUT2D eigenvalue weighted by Crippen LogP contribution is -2.43. The van der Waals surface area contributed by atoms with Crippen LogP contribution in [0.2, 0.25) is 0 Å². The molecule has 1 aliphatic rings. The van der Waals surface area contributed by atoms with Crippen molar-refractivity contribution in [3.63, 3.8) is 0 Å². The minimum atomic E-state index is -0.0231. The second kappa shape index (κ2) is 9.53. The number of aromatic hydroxyl groups is 1. The number of nitrogens with zero attached hydrogens (tertiary/aromatic N) is 2. The topological polar surface area (TPSA) is 64.0 Å². The largest absolute Gasteiger partial charge is 0.508 e. The maximum Gasteiger partial charge on any atom is 0.226 e. The van der Waals surface area contributed by atoms with Crippen LogP contribution < -0.4 is 0 Å². The fourth-order valence-electron chi connectivity index (χ4n) is 3.67. The predicted octanol–water partition coefficient (Wildman–Crippen LogP) is 2.63. The van der Waals surface area contributed by atoms with Gasteiger partial charge in [0.2, 0.25) is 5.91 Å². The molecule has 1 amide bonds. The number of piperidine rings is 1. The minimum absolute atomic E-state index is 0.000817. The molecule has 144 valence electrons. The van der Waals surface area contributed by atoms with Crippen LogP contribution in [0.1, 0.15) is 24.0 Å². The molecule has 27 heavy (non-hydrogen) atoms. The molecule has 0 unspecified atom stereocenters. The summed E-state index contributed by atoms with van der Waals surface area (Å²) < 4.78 is 0. The first-order valence-electron chi connectivity index (χ1n) is 9.60. The number of hydrogen-bond donors (Lipinski definition) is 2. The fraction of sp³-hybridized carbons (Fsp3) is 0.409. The minimum Gasteiger partial charge on any atom is -0.508 e. The zero-order valence-corrected chi connectivity index (χ0v) is 15.6. The predicted molar refractivity (Wildman–Crippen MR) is 105 cm³/mol. The molecule has 1 heterocycles. The molecule has 2 N–H and O–H groups in total. The van der Waals surface area contributed by atoms with Gasteiger partial charge in [0.1, 0.15) is 5.75 Å². The van der Waals surface area contributed by atoms with E-state index in [1.54, 1.807) is 11.0 Å². The molecule has 5 nitrogen and oxygen atoms in total. The molecule has 0 aromatic heterocycles. The number of phenolic OH excluding ortho intramolecular Hbond substituents is 1. The number of aliphatic hydroxyl groups is 1. The Hall–Kier alpha value is -2.37. The number of para-hydroxylation sites is 1. The van der Waals surface area contributed by atoms with Gasteiger partial charge in [-0.2, -0.15) is 0 Å². The first-order chi connectivity index (χ1) is 13.2. The summed E-state index contributed by atoms with van der Waals surface area (Å²) in [5, 5.41) is 19.3. The number of carbonyl (C=O) groups is 1. The second-order valence-electron chi connectivity index (χ2n) is 7.15. The summed E-state index contributed by atoms with van der Waals surface area (Å²) in [5.74, 6) is 0.462. The Labute approximate surface area is 160 Å². The summed E-state index contributed by atoms with van der Waals surface area (Å²) in [6.07, 6.45) is 1.62. The Morgan fingerprint density at radius 3 is 2.37 bits per heavy atom. The smallest absolute Gasteiger partial charge is 0.226 e. The summed E-state index contributed by atoms with van der Waals surface area (Å²) in [7, 11) is 0. The van der Waals surface area contributed by atoms with E-state index in [2.05, 4.69) is 4.90 Å². The highest BCUT2D eigenvalue weighted by Crippen LogP contribution is 2.24. The van der Waals surface area contributed by atoms with Crippen molar-refractivity contribution in [2.45, 2.75) is 25.9 Å². The van der Waals surface area contributed by atoms with Gasteiger partial charge in [-0.05, 0) is 37.6 Å². The number of aliphatic hydroxyl groups excluding tert-OH is 1. The van der Waals surface area contributed by atoms with Crippen LogP contribution >= 0.6 is 0 Å². The molecule has 0 bridgehead atoms. The SMILES string of the molecule is O=C(C1CCN(Cc2ccccc2O)CC1)N(CCO)Cc1ccccc1. The highest BCUT2D eigenvalue weighted by atomic mass is 16.3. The highest BCUT2D eigenvalue weighted by Gasteiger charge is 2.28. The van der Waals surface area contributed by atoms with Crippen LogP contribution in [0.4, 0.5) is 0 Å². The van der Waals surface area contributed by atoms with Crippen LogP contribution in [0.5, 0.6) is 5.75 Å². The van der Waals surface area contributed by atoms with Crippen molar-refractivity contribution in [1.29, 1.82) is 0 Å². The maximum atomic E-state index is 13.0. The molecule has 1 saturated heterocycles. The third-order valence-electron chi connectivity index (χ3n) is 5.22. The van der Waals surface area contributed by atoms with Crippen LogP contribution in [0.3, 0.4) is 0 Å². The van der Waals surface area contributed by atoms with Crippen molar-refractivity contribution in [3.8, 4) is 5.75 Å². The number of rotatable bonds is 7. The van der Waals surface area contributed by atoms with Crippen LogP contribution in [0.15, 0.2) is 54.6 Å². The Balaban J connectivity index is 1.55. The zero-order valence-electron chi connectivity index (χ0n) is 15.6. The van der Waals surface area contributed by atoms with Gasteiger partial charge in [0.05, 0.1) is 6.61 Å². The van der Waals surface area contributed by atoms with E-state index in [1.165, 1.54) is 0 Å². The average Bonchev–Trinajstić information content (AvgIpc) is 2.70. The summed E-state index contributed by atoms with van der Waals surface area (Å²) in [6.45, 7) is 3.26. The number of amides is 1. The normalized spacial score (nSPS) is 15.6. The molecule has 5 heteroatoms. The van der Waals surface area contributed by atoms with Crippen molar-refractivity contribution >= 4 is 5.91 Å². The van der Waals surface area contributed by atoms with Gasteiger partial charge in [0.15, 0.2) is 0 Å². The molecule has 0 saturated carbocycles. The van der Waals surface area contributed by atoms with E-state index in [0.29, 0.717) is 25.4 Å². The van der Waals surface area contributed by atoms with Crippen molar-refractivity contribution in [3.05, 3.63) is 65.7 Å².